The Bertz CT molecular complexity index is 756. The minimum atomic E-state index is -0.225. The van der Waals surface area contributed by atoms with Crippen LogP contribution in [-0.4, -0.2) is 28.4 Å². The van der Waals surface area contributed by atoms with E-state index in [1.165, 1.54) is 12.8 Å². The third-order valence-corrected chi connectivity index (χ3v) is 5.89. The normalized spacial score (nSPS) is 23.5. The Morgan fingerprint density at radius 2 is 2.00 bits per heavy atom. The Morgan fingerprint density at radius 3 is 2.64 bits per heavy atom. The summed E-state index contributed by atoms with van der Waals surface area (Å²) in [4.78, 5) is 12.7. The first kappa shape index (κ1) is 20.6. The molecular weight excluding hydrogens is 350 g/mol. The Hall–Kier alpha value is -2.14. The van der Waals surface area contributed by atoms with Crippen molar-refractivity contribution in [2.24, 2.45) is 24.8 Å². The van der Waals surface area contributed by atoms with Gasteiger partial charge < -0.3 is 10.1 Å². The van der Waals surface area contributed by atoms with E-state index in [0.29, 0.717) is 17.8 Å². The van der Waals surface area contributed by atoms with Crippen LogP contribution >= 0.6 is 0 Å². The van der Waals surface area contributed by atoms with Gasteiger partial charge in [0.1, 0.15) is 6.61 Å². The predicted octanol–water partition coefficient (Wildman–Crippen LogP) is 4.10. The maximum atomic E-state index is 12.7. The number of nitrogens with one attached hydrogen (secondary N) is 1. The Morgan fingerprint density at radius 1 is 1.25 bits per heavy atom. The third-order valence-electron chi connectivity index (χ3n) is 5.89. The number of ether oxygens (including phenoxy) is 1. The van der Waals surface area contributed by atoms with Gasteiger partial charge in [0.25, 0.3) is 0 Å². The van der Waals surface area contributed by atoms with Crippen LogP contribution in [0.1, 0.15) is 57.2 Å². The van der Waals surface area contributed by atoms with Crippen LogP contribution in [0.2, 0.25) is 0 Å². The summed E-state index contributed by atoms with van der Waals surface area (Å²) < 4.78 is 7.89. The minimum absolute atomic E-state index is 0.0848. The number of rotatable bonds is 7. The number of benzene rings is 1. The van der Waals surface area contributed by atoms with Gasteiger partial charge in [-0.2, -0.15) is 5.10 Å². The average Bonchev–Trinajstić information content (AvgIpc) is 3.11. The molecular formula is C23H33N3O2. The minimum Gasteiger partial charge on any atom is -0.368 e. The van der Waals surface area contributed by atoms with Gasteiger partial charge in [0.15, 0.2) is 0 Å². The highest BCUT2D eigenvalue weighted by Crippen LogP contribution is 2.35. The summed E-state index contributed by atoms with van der Waals surface area (Å²) >= 11 is 0. The largest absolute Gasteiger partial charge is 0.368 e. The molecule has 1 aliphatic carbocycles. The first-order valence-corrected chi connectivity index (χ1v) is 10.4. The summed E-state index contributed by atoms with van der Waals surface area (Å²) in [6, 6.07) is 9.77. The van der Waals surface area contributed by atoms with E-state index in [1.54, 1.807) is 10.9 Å². The lowest BCUT2D eigenvalue weighted by Gasteiger charge is -2.37. The first-order chi connectivity index (χ1) is 13.4. The van der Waals surface area contributed by atoms with E-state index in [0.717, 1.165) is 17.5 Å². The number of hydrogen-bond acceptors (Lipinski definition) is 3. The predicted molar refractivity (Wildman–Crippen MR) is 111 cm³/mol. The molecule has 0 aliphatic heterocycles. The highest BCUT2D eigenvalue weighted by atomic mass is 16.5. The first-order valence-electron chi connectivity index (χ1n) is 10.4. The molecule has 0 bridgehead atoms. The van der Waals surface area contributed by atoms with Crippen LogP contribution < -0.4 is 5.32 Å². The molecule has 2 aromatic rings. The van der Waals surface area contributed by atoms with Crippen LogP contribution in [0, 0.1) is 17.8 Å². The zero-order chi connectivity index (χ0) is 20.1. The van der Waals surface area contributed by atoms with Gasteiger partial charge in [-0.25, -0.2) is 0 Å². The van der Waals surface area contributed by atoms with E-state index in [4.69, 9.17) is 4.74 Å². The number of amides is 1. The van der Waals surface area contributed by atoms with E-state index in [9.17, 15) is 4.79 Å². The Labute approximate surface area is 168 Å². The van der Waals surface area contributed by atoms with Crippen molar-refractivity contribution in [2.75, 3.05) is 6.61 Å². The SMILES string of the molecule is CC1CCC(C(C)C)C(OCC(=O)NC(c2ccccc2)c2cnn(C)c2)C1. The monoisotopic (exact) mass is 383 g/mol. The summed E-state index contributed by atoms with van der Waals surface area (Å²) in [7, 11) is 1.88. The smallest absolute Gasteiger partial charge is 0.246 e. The van der Waals surface area contributed by atoms with E-state index >= 15 is 0 Å². The van der Waals surface area contributed by atoms with Crippen molar-refractivity contribution >= 4 is 5.91 Å². The number of aromatic nitrogens is 2. The zero-order valence-corrected chi connectivity index (χ0v) is 17.5. The number of carbonyl (C=O) groups excluding carboxylic acids is 1. The lowest BCUT2D eigenvalue weighted by Crippen LogP contribution is -2.38. The van der Waals surface area contributed by atoms with E-state index < -0.39 is 0 Å². The molecule has 5 heteroatoms. The molecule has 3 rings (SSSR count). The van der Waals surface area contributed by atoms with Crippen molar-refractivity contribution in [1.82, 2.24) is 15.1 Å². The molecule has 1 fully saturated rings. The maximum absolute atomic E-state index is 12.7. The zero-order valence-electron chi connectivity index (χ0n) is 17.5. The molecule has 152 valence electrons. The molecule has 28 heavy (non-hydrogen) atoms. The molecule has 0 radical (unpaired) electrons. The second-order valence-electron chi connectivity index (χ2n) is 8.53. The Kier molecular flexibility index (Phi) is 6.89. The van der Waals surface area contributed by atoms with Crippen LogP contribution in [0.4, 0.5) is 0 Å². The molecule has 4 unspecified atom stereocenters. The Balaban J connectivity index is 1.65. The average molecular weight is 384 g/mol. The summed E-state index contributed by atoms with van der Waals surface area (Å²) in [5.41, 5.74) is 2.00. The molecule has 1 heterocycles. The van der Waals surface area contributed by atoms with Gasteiger partial charge in [0.05, 0.1) is 18.3 Å². The van der Waals surface area contributed by atoms with Crippen LogP contribution in [0.5, 0.6) is 0 Å². The van der Waals surface area contributed by atoms with Gasteiger partial charge in [-0.05, 0) is 36.2 Å². The maximum Gasteiger partial charge on any atom is 0.246 e. The highest BCUT2D eigenvalue weighted by Gasteiger charge is 2.32. The number of nitrogens with zero attached hydrogens (tertiary/aromatic N) is 2. The van der Waals surface area contributed by atoms with Gasteiger partial charge >= 0.3 is 0 Å². The second kappa shape index (κ2) is 9.37. The van der Waals surface area contributed by atoms with Crippen molar-refractivity contribution < 1.29 is 9.53 Å². The number of aryl methyl sites for hydroxylation is 1. The van der Waals surface area contributed by atoms with Crippen LogP contribution in [-0.2, 0) is 16.6 Å². The van der Waals surface area contributed by atoms with Crippen molar-refractivity contribution in [1.29, 1.82) is 0 Å². The molecule has 0 spiro atoms. The number of hydrogen-bond donors (Lipinski definition) is 1. The summed E-state index contributed by atoms with van der Waals surface area (Å²) in [5.74, 6) is 1.69. The molecule has 1 aromatic heterocycles. The van der Waals surface area contributed by atoms with Crippen molar-refractivity contribution in [2.45, 2.75) is 52.2 Å². The van der Waals surface area contributed by atoms with Crippen LogP contribution in [0.15, 0.2) is 42.7 Å². The molecule has 4 atom stereocenters. The van der Waals surface area contributed by atoms with Crippen molar-refractivity contribution in [3.63, 3.8) is 0 Å². The fraction of sp³-hybridized carbons (Fsp3) is 0.565. The molecule has 1 N–H and O–H groups in total. The number of carbonyl (C=O) groups is 1. The van der Waals surface area contributed by atoms with Crippen molar-refractivity contribution in [3.05, 3.63) is 53.9 Å². The van der Waals surface area contributed by atoms with E-state index in [1.807, 2.05) is 43.6 Å². The third kappa shape index (κ3) is 5.22. The molecule has 0 saturated heterocycles. The lowest BCUT2D eigenvalue weighted by atomic mass is 9.75. The lowest BCUT2D eigenvalue weighted by molar-refractivity contribution is -0.131. The second-order valence-corrected chi connectivity index (χ2v) is 8.53. The molecule has 1 amide bonds. The molecule has 1 saturated carbocycles. The molecule has 1 aliphatic rings. The summed E-state index contributed by atoms with van der Waals surface area (Å²) in [6.07, 6.45) is 7.40. The van der Waals surface area contributed by atoms with Gasteiger partial charge in [-0.15, -0.1) is 0 Å². The van der Waals surface area contributed by atoms with Crippen molar-refractivity contribution in [3.8, 4) is 0 Å². The van der Waals surface area contributed by atoms with E-state index in [-0.39, 0.29) is 24.7 Å². The van der Waals surface area contributed by atoms with Crippen LogP contribution in [0.3, 0.4) is 0 Å². The summed E-state index contributed by atoms with van der Waals surface area (Å²) in [6.45, 7) is 6.89. The summed E-state index contributed by atoms with van der Waals surface area (Å²) in [5, 5.41) is 7.40. The molecule has 1 aromatic carbocycles. The van der Waals surface area contributed by atoms with Gasteiger partial charge in [0.2, 0.25) is 5.91 Å². The molecule has 5 nitrogen and oxygen atoms in total. The quantitative estimate of drug-likeness (QED) is 0.783. The standard InChI is InChI=1S/C23H33N3O2/c1-16(2)20-11-10-17(3)12-21(20)28-15-22(27)25-23(18-8-6-5-7-9-18)19-13-24-26(4)14-19/h5-9,13-14,16-17,20-21,23H,10-12,15H2,1-4H3,(H,25,27). The van der Waals surface area contributed by atoms with Gasteiger partial charge in [-0.3, -0.25) is 9.48 Å². The van der Waals surface area contributed by atoms with E-state index in [2.05, 4.69) is 31.2 Å². The topological polar surface area (TPSA) is 56.1 Å². The highest BCUT2D eigenvalue weighted by molar-refractivity contribution is 5.78. The van der Waals surface area contributed by atoms with Gasteiger partial charge in [0, 0.05) is 18.8 Å². The van der Waals surface area contributed by atoms with Crippen LogP contribution in [0.25, 0.3) is 0 Å². The fourth-order valence-electron chi connectivity index (χ4n) is 4.29. The fourth-order valence-corrected chi connectivity index (χ4v) is 4.29. The van der Waals surface area contributed by atoms with Gasteiger partial charge in [-0.1, -0.05) is 57.5 Å².